The quantitative estimate of drug-likeness (QED) is 0.672. The van der Waals surface area contributed by atoms with Gasteiger partial charge in [0.15, 0.2) is 0 Å². The molecule has 0 bridgehead atoms. The van der Waals surface area contributed by atoms with Gasteiger partial charge in [-0.1, -0.05) is 0 Å². The summed E-state index contributed by atoms with van der Waals surface area (Å²) in [6.07, 6.45) is 1.95. The molecule has 0 amide bonds. The fraction of sp³-hybridized carbons (Fsp3) is 0.900. The van der Waals surface area contributed by atoms with Gasteiger partial charge in [0, 0.05) is 5.54 Å². The largest absolute Gasteiger partial charge is 0.469 e. The highest BCUT2D eigenvalue weighted by Gasteiger charge is 2.37. The van der Waals surface area contributed by atoms with E-state index in [9.17, 15) is 4.79 Å². The first kappa shape index (κ1) is 11.5. The number of rotatable bonds is 2. The van der Waals surface area contributed by atoms with Crippen LogP contribution in [0.2, 0.25) is 0 Å². The van der Waals surface area contributed by atoms with E-state index in [1.165, 1.54) is 7.11 Å². The smallest absolute Gasteiger partial charge is 0.307 e. The van der Waals surface area contributed by atoms with Crippen LogP contribution in [-0.2, 0) is 14.3 Å². The molecule has 1 aliphatic rings. The molecule has 1 rings (SSSR count). The van der Waals surface area contributed by atoms with Crippen LogP contribution in [0.1, 0.15) is 33.1 Å². The molecule has 0 spiro atoms. The number of hydrogen-bond acceptors (Lipinski definition) is 4. The standard InChI is InChI=1S/C10H19NO3/c1-7-4-10(11,5-8(2)14-7)6-9(12)13-3/h7-8H,4-6,11H2,1-3H3/t7-,8+,10?. The molecule has 3 atom stereocenters. The minimum Gasteiger partial charge on any atom is -0.469 e. The second-order valence-electron chi connectivity index (χ2n) is 4.28. The topological polar surface area (TPSA) is 61.5 Å². The van der Waals surface area contributed by atoms with Crippen LogP contribution in [0.25, 0.3) is 0 Å². The summed E-state index contributed by atoms with van der Waals surface area (Å²) < 4.78 is 10.2. The second-order valence-corrected chi connectivity index (χ2v) is 4.28. The third-order valence-corrected chi connectivity index (χ3v) is 2.58. The van der Waals surface area contributed by atoms with E-state index in [1.807, 2.05) is 13.8 Å². The van der Waals surface area contributed by atoms with Crippen molar-refractivity contribution in [2.75, 3.05) is 7.11 Å². The summed E-state index contributed by atoms with van der Waals surface area (Å²) in [5.74, 6) is -0.242. The lowest BCUT2D eigenvalue weighted by Gasteiger charge is -2.39. The molecule has 0 radical (unpaired) electrons. The lowest BCUT2D eigenvalue weighted by atomic mass is 9.82. The number of ether oxygens (including phenoxy) is 2. The number of carbonyl (C=O) groups excluding carboxylic acids is 1. The summed E-state index contributed by atoms with van der Waals surface area (Å²) in [7, 11) is 1.39. The van der Waals surface area contributed by atoms with E-state index in [4.69, 9.17) is 10.5 Å². The lowest BCUT2D eigenvalue weighted by molar-refractivity contribution is -0.144. The van der Waals surface area contributed by atoms with Gasteiger partial charge in [0.2, 0.25) is 0 Å². The number of esters is 1. The Morgan fingerprint density at radius 3 is 2.43 bits per heavy atom. The predicted octanol–water partition coefficient (Wildman–Crippen LogP) is 0.834. The molecule has 1 heterocycles. The minimum atomic E-state index is -0.454. The molecule has 0 aromatic heterocycles. The lowest BCUT2D eigenvalue weighted by Crippen LogP contribution is -2.51. The zero-order chi connectivity index (χ0) is 10.8. The summed E-state index contributed by atoms with van der Waals surface area (Å²) in [6, 6.07) is 0. The van der Waals surface area contributed by atoms with Crippen molar-refractivity contribution in [1.82, 2.24) is 0 Å². The van der Waals surface area contributed by atoms with Gasteiger partial charge in [-0.25, -0.2) is 0 Å². The minimum absolute atomic E-state index is 0.119. The highest BCUT2D eigenvalue weighted by molar-refractivity contribution is 5.70. The van der Waals surface area contributed by atoms with E-state index in [2.05, 4.69) is 4.74 Å². The van der Waals surface area contributed by atoms with Gasteiger partial charge in [-0.2, -0.15) is 0 Å². The van der Waals surface area contributed by atoms with Crippen LogP contribution in [0, 0.1) is 0 Å². The fourth-order valence-corrected chi connectivity index (χ4v) is 2.23. The third-order valence-electron chi connectivity index (χ3n) is 2.58. The molecule has 0 aromatic carbocycles. The van der Waals surface area contributed by atoms with Crippen LogP contribution >= 0.6 is 0 Å². The van der Waals surface area contributed by atoms with Crippen molar-refractivity contribution in [3.8, 4) is 0 Å². The van der Waals surface area contributed by atoms with Gasteiger partial charge >= 0.3 is 5.97 Å². The van der Waals surface area contributed by atoms with Crippen LogP contribution in [0.5, 0.6) is 0 Å². The summed E-state index contributed by atoms with van der Waals surface area (Å²) >= 11 is 0. The van der Waals surface area contributed by atoms with Crippen molar-refractivity contribution in [3.05, 3.63) is 0 Å². The maximum absolute atomic E-state index is 11.2. The zero-order valence-corrected chi connectivity index (χ0v) is 9.08. The Hall–Kier alpha value is -0.610. The van der Waals surface area contributed by atoms with E-state index in [0.29, 0.717) is 12.8 Å². The molecule has 1 saturated heterocycles. The van der Waals surface area contributed by atoms with E-state index in [1.54, 1.807) is 0 Å². The number of carbonyl (C=O) groups is 1. The summed E-state index contributed by atoms with van der Waals surface area (Å²) in [4.78, 5) is 11.2. The van der Waals surface area contributed by atoms with Crippen LogP contribution in [0.3, 0.4) is 0 Å². The molecule has 4 heteroatoms. The van der Waals surface area contributed by atoms with Gasteiger partial charge in [0.1, 0.15) is 0 Å². The SMILES string of the molecule is COC(=O)CC1(N)C[C@@H](C)O[C@@H](C)C1. The van der Waals surface area contributed by atoms with Gasteiger partial charge in [0.05, 0.1) is 25.7 Å². The molecule has 4 nitrogen and oxygen atoms in total. The summed E-state index contributed by atoms with van der Waals surface area (Å²) in [5, 5.41) is 0. The third kappa shape index (κ3) is 2.96. The molecule has 0 saturated carbocycles. The number of methoxy groups -OCH3 is 1. The molecular formula is C10H19NO3. The average molecular weight is 201 g/mol. The van der Waals surface area contributed by atoms with Gasteiger partial charge in [0.25, 0.3) is 0 Å². The van der Waals surface area contributed by atoms with Gasteiger partial charge in [-0.05, 0) is 26.7 Å². The molecule has 0 aliphatic carbocycles. The molecule has 2 N–H and O–H groups in total. The monoisotopic (exact) mass is 201 g/mol. The van der Waals surface area contributed by atoms with Crippen LogP contribution in [0.15, 0.2) is 0 Å². The van der Waals surface area contributed by atoms with E-state index >= 15 is 0 Å². The molecule has 1 unspecified atom stereocenters. The molecule has 82 valence electrons. The Balaban J connectivity index is 2.58. The van der Waals surface area contributed by atoms with Gasteiger partial charge < -0.3 is 15.2 Å². The molecule has 1 aliphatic heterocycles. The van der Waals surface area contributed by atoms with Crippen molar-refractivity contribution in [3.63, 3.8) is 0 Å². The Morgan fingerprint density at radius 2 is 2.00 bits per heavy atom. The first-order valence-electron chi connectivity index (χ1n) is 4.96. The molecule has 14 heavy (non-hydrogen) atoms. The Bertz CT molecular complexity index is 207. The van der Waals surface area contributed by atoms with Crippen molar-refractivity contribution in [1.29, 1.82) is 0 Å². The Labute approximate surface area is 84.7 Å². The Kier molecular flexibility index (Phi) is 3.50. The van der Waals surface area contributed by atoms with E-state index in [-0.39, 0.29) is 24.6 Å². The van der Waals surface area contributed by atoms with Crippen molar-refractivity contribution < 1.29 is 14.3 Å². The average Bonchev–Trinajstić information content (AvgIpc) is 2.00. The van der Waals surface area contributed by atoms with Crippen molar-refractivity contribution in [2.24, 2.45) is 5.73 Å². The highest BCUT2D eigenvalue weighted by atomic mass is 16.5. The van der Waals surface area contributed by atoms with Crippen molar-refractivity contribution in [2.45, 2.75) is 50.9 Å². The first-order valence-corrected chi connectivity index (χ1v) is 4.96. The maximum Gasteiger partial charge on any atom is 0.307 e. The molecule has 0 aromatic rings. The summed E-state index contributed by atoms with van der Waals surface area (Å²) in [6.45, 7) is 3.96. The van der Waals surface area contributed by atoms with Crippen LogP contribution in [-0.4, -0.2) is 30.8 Å². The highest BCUT2D eigenvalue weighted by Crippen LogP contribution is 2.29. The number of hydrogen-bond donors (Lipinski definition) is 1. The van der Waals surface area contributed by atoms with Crippen LogP contribution in [0.4, 0.5) is 0 Å². The predicted molar refractivity (Wildman–Crippen MR) is 52.8 cm³/mol. The van der Waals surface area contributed by atoms with Gasteiger partial charge in [-0.3, -0.25) is 4.79 Å². The van der Waals surface area contributed by atoms with Gasteiger partial charge in [-0.15, -0.1) is 0 Å². The fourth-order valence-electron chi connectivity index (χ4n) is 2.23. The zero-order valence-electron chi connectivity index (χ0n) is 9.08. The van der Waals surface area contributed by atoms with Crippen LogP contribution < -0.4 is 5.73 Å². The summed E-state index contributed by atoms with van der Waals surface area (Å²) in [5.41, 5.74) is 5.68. The normalized spacial score (nSPS) is 38.0. The van der Waals surface area contributed by atoms with Crippen molar-refractivity contribution >= 4 is 5.97 Å². The van der Waals surface area contributed by atoms with E-state index in [0.717, 1.165) is 0 Å². The second kappa shape index (κ2) is 4.28. The molecular weight excluding hydrogens is 182 g/mol. The Morgan fingerprint density at radius 1 is 1.50 bits per heavy atom. The first-order chi connectivity index (χ1) is 6.45. The maximum atomic E-state index is 11.2. The van der Waals surface area contributed by atoms with E-state index < -0.39 is 5.54 Å². The number of nitrogens with two attached hydrogens (primary N) is 1. The molecule has 1 fully saturated rings.